The predicted octanol–water partition coefficient (Wildman–Crippen LogP) is 1.66. The SMILES string of the molecule is CC(C)CN1C2CC1CN(C(=O)[C@@H]1CCN(C(C)C)C1)C2. The Morgan fingerprint density at radius 2 is 1.76 bits per heavy atom. The van der Waals surface area contributed by atoms with Crippen LogP contribution in [0.3, 0.4) is 0 Å². The molecule has 0 aliphatic carbocycles. The van der Waals surface area contributed by atoms with Gasteiger partial charge in [-0.3, -0.25) is 9.69 Å². The molecule has 4 aliphatic rings. The van der Waals surface area contributed by atoms with E-state index in [-0.39, 0.29) is 5.92 Å². The summed E-state index contributed by atoms with van der Waals surface area (Å²) in [6.07, 6.45) is 2.36. The van der Waals surface area contributed by atoms with Crippen LogP contribution >= 0.6 is 0 Å². The lowest BCUT2D eigenvalue weighted by Gasteiger charge is -2.57. The van der Waals surface area contributed by atoms with E-state index in [0.717, 1.165) is 38.5 Å². The predicted molar refractivity (Wildman–Crippen MR) is 85.1 cm³/mol. The van der Waals surface area contributed by atoms with E-state index >= 15 is 0 Å². The number of carbonyl (C=O) groups excluding carboxylic acids is 1. The van der Waals surface area contributed by atoms with E-state index in [2.05, 4.69) is 42.4 Å². The Kier molecular flexibility index (Phi) is 4.28. The Bertz CT molecular complexity index is 383. The molecule has 0 aromatic carbocycles. The lowest BCUT2D eigenvalue weighted by atomic mass is 9.85. The van der Waals surface area contributed by atoms with Gasteiger partial charge in [-0.05, 0) is 39.2 Å². The molecule has 0 saturated carbocycles. The molecule has 4 heteroatoms. The second kappa shape index (κ2) is 5.88. The van der Waals surface area contributed by atoms with Crippen LogP contribution in [0.15, 0.2) is 0 Å². The maximum Gasteiger partial charge on any atom is 0.227 e. The quantitative estimate of drug-likeness (QED) is 0.789. The second-order valence-electron chi connectivity index (χ2n) is 7.95. The minimum atomic E-state index is 0.253. The van der Waals surface area contributed by atoms with Gasteiger partial charge in [0.15, 0.2) is 0 Å². The smallest absolute Gasteiger partial charge is 0.227 e. The van der Waals surface area contributed by atoms with E-state index in [1.54, 1.807) is 0 Å². The fourth-order valence-corrected chi connectivity index (χ4v) is 4.30. The van der Waals surface area contributed by atoms with Crippen molar-refractivity contribution >= 4 is 5.91 Å². The molecular formula is C17H31N3O. The van der Waals surface area contributed by atoms with Crippen molar-refractivity contribution in [2.24, 2.45) is 11.8 Å². The van der Waals surface area contributed by atoms with E-state index in [0.29, 0.717) is 24.0 Å². The first-order chi connectivity index (χ1) is 9.95. The average Bonchev–Trinajstić information content (AvgIpc) is 2.94. The lowest BCUT2D eigenvalue weighted by Crippen LogP contribution is -2.70. The highest BCUT2D eigenvalue weighted by Gasteiger charge is 2.46. The molecule has 0 aromatic heterocycles. The molecular weight excluding hydrogens is 262 g/mol. The van der Waals surface area contributed by atoms with Crippen LogP contribution in [-0.2, 0) is 4.79 Å². The van der Waals surface area contributed by atoms with Crippen molar-refractivity contribution in [2.45, 2.75) is 58.7 Å². The van der Waals surface area contributed by atoms with Crippen molar-refractivity contribution in [1.29, 1.82) is 0 Å². The fourth-order valence-electron chi connectivity index (χ4n) is 4.30. The zero-order valence-electron chi connectivity index (χ0n) is 14.1. The van der Waals surface area contributed by atoms with Gasteiger partial charge in [-0.15, -0.1) is 0 Å². The summed E-state index contributed by atoms with van der Waals surface area (Å²) in [7, 11) is 0. The molecule has 4 aliphatic heterocycles. The lowest BCUT2D eigenvalue weighted by molar-refractivity contribution is -0.148. The minimum Gasteiger partial charge on any atom is -0.339 e. The van der Waals surface area contributed by atoms with Gasteiger partial charge in [-0.25, -0.2) is 0 Å². The molecule has 0 radical (unpaired) electrons. The summed E-state index contributed by atoms with van der Waals surface area (Å²) in [5.41, 5.74) is 0. The van der Waals surface area contributed by atoms with Crippen LogP contribution in [0.25, 0.3) is 0 Å². The summed E-state index contributed by atoms with van der Waals surface area (Å²) < 4.78 is 0. The van der Waals surface area contributed by atoms with E-state index < -0.39 is 0 Å². The van der Waals surface area contributed by atoms with E-state index in [1.165, 1.54) is 13.0 Å². The largest absolute Gasteiger partial charge is 0.339 e. The number of nitrogens with zero attached hydrogens (tertiary/aromatic N) is 3. The summed E-state index contributed by atoms with van der Waals surface area (Å²) in [5.74, 6) is 1.41. The Labute approximate surface area is 129 Å². The fraction of sp³-hybridized carbons (Fsp3) is 0.941. The van der Waals surface area contributed by atoms with E-state index in [9.17, 15) is 4.79 Å². The molecule has 4 saturated heterocycles. The molecule has 4 fully saturated rings. The molecule has 4 heterocycles. The van der Waals surface area contributed by atoms with Crippen LogP contribution in [-0.4, -0.2) is 71.5 Å². The summed E-state index contributed by atoms with van der Waals surface area (Å²) >= 11 is 0. The van der Waals surface area contributed by atoms with Crippen LogP contribution in [0.1, 0.15) is 40.5 Å². The van der Waals surface area contributed by atoms with Gasteiger partial charge >= 0.3 is 0 Å². The zero-order chi connectivity index (χ0) is 15.1. The average molecular weight is 293 g/mol. The molecule has 120 valence electrons. The van der Waals surface area contributed by atoms with E-state index in [1.807, 2.05) is 0 Å². The third kappa shape index (κ3) is 2.98. The number of fused-ring (bicyclic) bond motifs is 2. The minimum absolute atomic E-state index is 0.253. The molecule has 0 spiro atoms. The Morgan fingerprint density at radius 1 is 1.10 bits per heavy atom. The highest BCUT2D eigenvalue weighted by molar-refractivity contribution is 5.79. The van der Waals surface area contributed by atoms with Gasteiger partial charge in [0.05, 0.1) is 5.92 Å². The molecule has 0 N–H and O–H groups in total. The number of carbonyl (C=O) groups is 1. The summed E-state index contributed by atoms with van der Waals surface area (Å²) in [6.45, 7) is 14.2. The Morgan fingerprint density at radius 3 is 2.29 bits per heavy atom. The molecule has 1 amide bonds. The van der Waals surface area contributed by atoms with Gasteiger partial charge < -0.3 is 9.80 Å². The van der Waals surface area contributed by atoms with Crippen LogP contribution in [0.5, 0.6) is 0 Å². The topological polar surface area (TPSA) is 26.8 Å². The van der Waals surface area contributed by atoms with Crippen molar-refractivity contribution in [3.05, 3.63) is 0 Å². The van der Waals surface area contributed by atoms with Crippen molar-refractivity contribution in [3.63, 3.8) is 0 Å². The maximum atomic E-state index is 12.7. The second-order valence-corrected chi connectivity index (χ2v) is 7.95. The number of piperidine rings is 1. The molecule has 2 bridgehead atoms. The molecule has 4 rings (SSSR count). The summed E-state index contributed by atoms with van der Waals surface area (Å²) in [5, 5.41) is 0. The van der Waals surface area contributed by atoms with Gasteiger partial charge in [0, 0.05) is 44.3 Å². The molecule has 4 nitrogen and oxygen atoms in total. The molecule has 3 atom stereocenters. The van der Waals surface area contributed by atoms with Gasteiger partial charge in [0.25, 0.3) is 0 Å². The standard InChI is InChI=1S/C17H31N3O/c1-12(2)8-20-15-7-16(20)11-19(10-15)17(21)14-5-6-18(9-14)13(3)4/h12-16H,5-11H2,1-4H3/t14-,15?,16?/m1/s1. The highest BCUT2D eigenvalue weighted by atomic mass is 16.2. The molecule has 21 heavy (non-hydrogen) atoms. The third-order valence-corrected chi connectivity index (χ3v) is 5.53. The molecule has 2 unspecified atom stereocenters. The van der Waals surface area contributed by atoms with Crippen molar-refractivity contribution in [3.8, 4) is 0 Å². The number of amides is 1. The zero-order valence-corrected chi connectivity index (χ0v) is 14.1. The Hall–Kier alpha value is -0.610. The van der Waals surface area contributed by atoms with Crippen LogP contribution in [0.4, 0.5) is 0 Å². The first-order valence-corrected chi connectivity index (χ1v) is 8.74. The normalized spacial score (nSPS) is 33.8. The maximum absolute atomic E-state index is 12.7. The number of likely N-dealkylation sites (tertiary alicyclic amines) is 1. The number of piperazine rings is 1. The first kappa shape index (κ1) is 15.3. The Balaban J connectivity index is 1.52. The number of hydrogen-bond donors (Lipinski definition) is 0. The van der Waals surface area contributed by atoms with Crippen molar-refractivity contribution in [1.82, 2.24) is 14.7 Å². The van der Waals surface area contributed by atoms with Crippen LogP contribution < -0.4 is 0 Å². The monoisotopic (exact) mass is 293 g/mol. The summed E-state index contributed by atoms with van der Waals surface area (Å²) in [4.78, 5) is 20.0. The van der Waals surface area contributed by atoms with Gasteiger partial charge in [-0.1, -0.05) is 13.8 Å². The van der Waals surface area contributed by atoms with Gasteiger partial charge in [-0.2, -0.15) is 0 Å². The molecule has 0 aromatic rings. The van der Waals surface area contributed by atoms with Crippen molar-refractivity contribution in [2.75, 3.05) is 32.7 Å². The van der Waals surface area contributed by atoms with Gasteiger partial charge in [0.2, 0.25) is 5.91 Å². The summed E-state index contributed by atoms with van der Waals surface area (Å²) in [6, 6.07) is 1.84. The number of hydrogen-bond acceptors (Lipinski definition) is 3. The van der Waals surface area contributed by atoms with Gasteiger partial charge in [0.1, 0.15) is 0 Å². The van der Waals surface area contributed by atoms with E-state index in [4.69, 9.17) is 0 Å². The third-order valence-electron chi connectivity index (χ3n) is 5.53. The van der Waals surface area contributed by atoms with Crippen LogP contribution in [0.2, 0.25) is 0 Å². The first-order valence-electron chi connectivity index (χ1n) is 8.74. The highest BCUT2D eigenvalue weighted by Crippen LogP contribution is 2.34. The van der Waals surface area contributed by atoms with Crippen molar-refractivity contribution < 1.29 is 4.79 Å². The van der Waals surface area contributed by atoms with Crippen LogP contribution in [0, 0.1) is 11.8 Å². The number of rotatable bonds is 4.